The van der Waals surface area contributed by atoms with Gasteiger partial charge in [-0.25, -0.2) is 4.98 Å². The summed E-state index contributed by atoms with van der Waals surface area (Å²) in [5, 5.41) is 7.43. The fraction of sp³-hybridized carbons (Fsp3) is 0.385. The zero-order valence-electron chi connectivity index (χ0n) is 36.6. The summed E-state index contributed by atoms with van der Waals surface area (Å²) in [5.74, 6) is 2.59. The molecule has 3 aromatic heterocycles. The van der Waals surface area contributed by atoms with E-state index in [1.54, 1.807) is 0 Å². The van der Waals surface area contributed by atoms with E-state index < -0.39 is 0 Å². The molecule has 304 valence electrons. The van der Waals surface area contributed by atoms with Gasteiger partial charge in [0.15, 0.2) is 0 Å². The topological polar surface area (TPSA) is 44.9 Å². The Kier molecular flexibility index (Phi) is 12.4. The maximum Gasteiger partial charge on any atom is 2.00 e. The molecular weight excluding hydrogens is 892 g/mol. The molecular formula is C52H60N4OPt. The van der Waals surface area contributed by atoms with E-state index in [1.165, 1.54) is 40.5 Å². The van der Waals surface area contributed by atoms with Crippen LogP contribution >= 0.6 is 0 Å². The first-order valence-electron chi connectivity index (χ1n) is 20.8. The van der Waals surface area contributed by atoms with Gasteiger partial charge in [-0.3, -0.25) is 4.68 Å². The van der Waals surface area contributed by atoms with Gasteiger partial charge in [0.25, 0.3) is 0 Å². The van der Waals surface area contributed by atoms with Crippen molar-refractivity contribution in [1.82, 2.24) is 19.3 Å². The second-order valence-electron chi connectivity index (χ2n) is 19.2. The van der Waals surface area contributed by atoms with Gasteiger partial charge in [-0.15, -0.1) is 41.3 Å². The minimum Gasteiger partial charge on any atom is -0.509 e. The Bertz CT molecular complexity index is 2540. The number of benzene rings is 4. The van der Waals surface area contributed by atoms with Crippen LogP contribution in [0.5, 0.6) is 11.5 Å². The van der Waals surface area contributed by atoms with Crippen molar-refractivity contribution >= 4 is 21.8 Å². The van der Waals surface area contributed by atoms with E-state index in [0.29, 0.717) is 22.8 Å². The Balaban J connectivity index is 0.00000567. The van der Waals surface area contributed by atoms with Crippen LogP contribution in [0.2, 0.25) is 0 Å². The molecule has 0 N–H and O–H groups in total. The van der Waals surface area contributed by atoms with Crippen molar-refractivity contribution in [3.63, 3.8) is 0 Å². The van der Waals surface area contributed by atoms with Gasteiger partial charge in [0, 0.05) is 34.5 Å². The van der Waals surface area contributed by atoms with Crippen molar-refractivity contribution in [2.24, 2.45) is 5.41 Å². The van der Waals surface area contributed by atoms with E-state index in [-0.39, 0.29) is 31.9 Å². The smallest absolute Gasteiger partial charge is 0.509 e. The third kappa shape index (κ3) is 9.06. The molecule has 7 rings (SSSR count). The summed E-state index contributed by atoms with van der Waals surface area (Å²) in [6.45, 7) is 27.1. The van der Waals surface area contributed by atoms with E-state index in [2.05, 4.69) is 183 Å². The van der Waals surface area contributed by atoms with Gasteiger partial charge in [-0.1, -0.05) is 131 Å². The third-order valence-electron chi connectivity index (χ3n) is 11.3. The monoisotopic (exact) mass is 951 g/mol. The molecule has 0 aliphatic carbocycles. The molecule has 6 heteroatoms. The molecule has 4 aromatic carbocycles. The predicted molar refractivity (Wildman–Crippen MR) is 239 cm³/mol. The zero-order chi connectivity index (χ0) is 40.9. The first kappa shape index (κ1) is 43.1. The fourth-order valence-corrected chi connectivity index (χ4v) is 7.99. The Labute approximate surface area is 361 Å². The predicted octanol–water partition coefficient (Wildman–Crippen LogP) is 14.2. The summed E-state index contributed by atoms with van der Waals surface area (Å²) >= 11 is 0. The molecule has 5 nitrogen and oxygen atoms in total. The second-order valence-corrected chi connectivity index (χ2v) is 19.2. The zero-order valence-corrected chi connectivity index (χ0v) is 38.9. The van der Waals surface area contributed by atoms with Crippen molar-refractivity contribution in [2.75, 3.05) is 0 Å². The van der Waals surface area contributed by atoms with Gasteiger partial charge in [0.05, 0.1) is 5.69 Å². The normalized spacial score (nSPS) is 12.9. The molecule has 0 saturated heterocycles. The number of fused-ring (bicyclic) bond motifs is 3. The van der Waals surface area contributed by atoms with Crippen LogP contribution in [-0.2, 0) is 38.3 Å². The quantitative estimate of drug-likeness (QED) is 0.128. The van der Waals surface area contributed by atoms with Crippen molar-refractivity contribution in [2.45, 2.75) is 126 Å². The summed E-state index contributed by atoms with van der Waals surface area (Å²) in [6.07, 6.45) is 6.36. The van der Waals surface area contributed by atoms with Crippen LogP contribution in [0.3, 0.4) is 0 Å². The molecule has 0 aliphatic heterocycles. The van der Waals surface area contributed by atoms with E-state index in [1.807, 2.05) is 12.3 Å². The van der Waals surface area contributed by atoms with Crippen LogP contribution in [0.15, 0.2) is 91.1 Å². The number of nitrogens with zero attached hydrogens (tertiary/aromatic N) is 4. The van der Waals surface area contributed by atoms with Crippen LogP contribution in [-0.4, -0.2) is 19.3 Å². The molecule has 1 unspecified atom stereocenters. The maximum absolute atomic E-state index is 6.79. The maximum atomic E-state index is 6.79. The Morgan fingerprint density at radius 2 is 1.48 bits per heavy atom. The van der Waals surface area contributed by atoms with E-state index in [0.717, 1.165) is 57.7 Å². The minimum atomic E-state index is -0.135. The van der Waals surface area contributed by atoms with Gasteiger partial charge < -0.3 is 9.30 Å². The molecule has 0 amide bonds. The van der Waals surface area contributed by atoms with Crippen molar-refractivity contribution < 1.29 is 25.8 Å². The Morgan fingerprint density at radius 1 is 0.759 bits per heavy atom. The molecule has 3 heterocycles. The van der Waals surface area contributed by atoms with E-state index >= 15 is 0 Å². The summed E-state index contributed by atoms with van der Waals surface area (Å²) in [7, 11) is 0. The van der Waals surface area contributed by atoms with Crippen molar-refractivity contribution in [3.8, 4) is 34.1 Å². The molecule has 0 fully saturated rings. The number of rotatable bonds is 10. The standard InChI is InChI=1S/C52H60N4O.Pt/c1-13-45-49(36-19-15-14-16-20-36)35(3)54-56(45)40-29-39(52(10,11)12)30-42(32-40)57-41-22-23-43-44-28-37(34(2)18-17-26-50(4,5)6)21-24-46(44)55(47(43)33-41)48-31-38(25-27-53-48)51(7,8)9;/h14-16,19-25,27-31,34H,13,17-18,26H2,1-12H3;/q-2;+2. The number of pyridine rings is 1. The van der Waals surface area contributed by atoms with E-state index in [4.69, 9.17) is 14.8 Å². The summed E-state index contributed by atoms with van der Waals surface area (Å²) < 4.78 is 11.1. The Hall–Kier alpha value is -4.47. The number of hydrogen-bond donors (Lipinski definition) is 0. The van der Waals surface area contributed by atoms with Gasteiger partial charge in [-0.05, 0) is 94.3 Å². The molecule has 0 spiro atoms. The van der Waals surface area contributed by atoms with Gasteiger partial charge >= 0.3 is 21.1 Å². The largest absolute Gasteiger partial charge is 2.00 e. The summed E-state index contributed by atoms with van der Waals surface area (Å²) in [6, 6.07) is 37.8. The molecule has 58 heavy (non-hydrogen) atoms. The number of ether oxygens (including phenoxy) is 1. The van der Waals surface area contributed by atoms with Crippen molar-refractivity contribution in [1.29, 1.82) is 0 Å². The van der Waals surface area contributed by atoms with Gasteiger partial charge in [0.1, 0.15) is 5.82 Å². The number of hydrogen-bond acceptors (Lipinski definition) is 3. The fourth-order valence-electron chi connectivity index (χ4n) is 7.99. The molecule has 1 atom stereocenters. The molecule has 7 aromatic rings. The molecule has 0 aliphatic rings. The second kappa shape index (κ2) is 16.6. The van der Waals surface area contributed by atoms with Gasteiger partial charge in [-0.2, -0.15) is 11.2 Å². The first-order chi connectivity index (χ1) is 26.9. The van der Waals surface area contributed by atoms with Crippen LogP contribution in [0.25, 0.3) is 44.4 Å². The first-order valence-corrected chi connectivity index (χ1v) is 20.8. The van der Waals surface area contributed by atoms with Crippen LogP contribution in [0.1, 0.15) is 129 Å². The van der Waals surface area contributed by atoms with Crippen LogP contribution in [0.4, 0.5) is 0 Å². The Morgan fingerprint density at radius 3 is 2.16 bits per heavy atom. The average molecular weight is 952 g/mol. The third-order valence-corrected chi connectivity index (χ3v) is 11.3. The van der Waals surface area contributed by atoms with Crippen LogP contribution < -0.4 is 4.74 Å². The van der Waals surface area contributed by atoms with Crippen LogP contribution in [0, 0.1) is 24.5 Å². The van der Waals surface area contributed by atoms with Gasteiger partial charge in [0.2, 0.25) is 0 Å². The van der Waals surface area contributed by atoms with Crippen molar-refractivity contribution in [3.05, 3.63) is 131 Å². The summed E-state index contributed by atoms with van der Waals surface area (Å²) in [5.41, 5.74) is 11.3. The molecule has 0 saturated carbocycles. The SMILES string of the molecule is CCc1c(-c2ccccc2)c(C)nn1-c1[c-]c(Oc2[c-]c3c(cc2)c2cc(C(C)CCCC(C)(C)C)ccc2n3-c2cc(C(C)(C)C)ccn2)cc(C(C)(C)C)c1.[Pt+2]. The molecule has 0 bridgehead atoms. The molecule has 0 radical (unpaired) electrons. The number of aromatic nitrogens is 4. The minimum absolute atomic E-state index is 0. The summed E-state index contributed by atoms with van der Waals surface area (Å²) in [4.78, 5) is 4.95. The average Bonchev–Trinajstić information content (AvgIpc) is 3.67. The van der Waals surface area contributed by atoms with E-state index in [9.17, 15) is 0 Å². The number of aryl methyl sites for hydroxylation is 1.